The summed E-state index contributed by atoms with van der Waals surface area (Å²) in [5, 5.41) is 0. The van der Waals surface area contributed by atoms with Crippen molar-refractivity contribution < 1.29 is 311 Å². The summed E-state index contributed by atoms with van der Waals surface area (Å²) in [6.07, 6.45) is 4.69. The number of carbonyl (C=O) groups is 2. The van der Waals surface area contributed by atoms with Crippen molar-refractivity contribution in [3.05, 3.63) is 83.7 Å². The van der Waals surface area contributed by atoms with Gasteiger partial charge in [-0.2, -0.15) is 0 Å². The number of carbonyl (C=O) groups excluding carboxylic acids is 2. The third kappa shape index (κ3) is 35.2. The molecule has 0 unspecified atom stereocenters. The molecule has 1 fully saturated rings. The minimum absolute atomic E-state index is 0. The predicted octanol–water partition coefficient (Wildman–Crippen LogP) is 11.0. The van der Waals surface area contributed by atoms with Gasteiger partial charge in [0, 0.05) is 318 Å². The maximum absolute atomic E-state index is 13.9. The summed E-state index contributed by atoms with van der Waals surface area (Å²) < 4.78 is 51.5. The zero-order chi connectivity index (χ0) is 39.2. The van der Waals surface area contributed by atoms with Crippen LogP contribution in [-0.2, 0) is 293 Å². The first-order chi connectivity index (χ1) is 23.9. The van der Waals surface area contributed by atoms with E-state index in [1.54, 1.807) is 21.9 Å². The maximum Gasteiger partial charge on any atom is 0.490 e. The van der Waals surface area contributed by atoms with E-state index in [1.165, 1.54) is 12.1 Å². The third-order valence-electron chi connectivity index (χ3n) is 8.47. The molecule has 2 aromatic rings. The van der Waals surface area contributed by atoms with Crippen molar-refractivity contribution in [3.8, 4) is 0 Å². The van der Waals surface area contributed by atoms with Gasteiger partial charge in [0.1, 0.15) is 22.8 Å². The molecule has 364 valence electrons. The summed E-state index contributed by atoms with van der Waals surface area (Å²) in [5.74, 6) is -0.425. The van der Waals surface area contributed by atoms with Crippen LogP contribution < -0.4 is 0 Å². The van der Waals surface area contributed by atoms with Gasteiger partial charge in [0.05, 0.1) is 11.2 Å². The van der Waals surface area contributed by atoms with E-state index in [4.69, 9.17) is 18.8 Å². The fraction of sp³-hybridized carbons (Fsp3) is 0.526. The van der Waals surface area contributed by atoms with Crippen LogP contribution in [0.3, 0.4) is 0 Å². The van der Waals surface area contributed by atoms with Gasteiger partial charge in [-0.3, -0.25) is 0 Å². The molecule has 27 heteroatoms. The molecule has 1 saturated heterocycles. The van der Waals surface area contributed by atoms with Crippen molar-refractivity contribution in [2.24, 2.45) is 0 Å². The number of hydrogen-bond donors (Lipinski definition) is 0. The van der Waals surface area contributed by atoms with Gasteiger partial charge in [0.2, 0.25) is 0 Å². The molecule has 0 aromatic heterocycles. The van der Waals surface area contributed by atoms with Crippen LogP contribution in [0.1, 0.15) is 87.6 Å². The van der Waals surface area contributed by atoms with Crippen molar-refractivity contribution >= 4 is 79.3 Å². The van der Waals surface area contributed by atoms with Crippen LogP contribution in [0.15, 0.2) is 63.0 Å². The molecule has 8 nitrogen and oxygen atoms in total. The maximum atomic E-state index is 13.9. The molecule has 2 amide bonds. The van der Waals surface area contributed by atoms with E-state index in [0.29, 0.717) is 41.7 Å². The van der Waals surface area contributed by atoms with Crippen molar-refractivity contribution in [2.75, 3.05) is 26.2 Å². The standard InChI is InChI=1S/C16H28BNO4.C16H19BrFNO2.C6H3BrFI.13W/c1-14(2,3)20-13(19)18-10-8-12(9-11-18)17-21-15(4,5)16(6,7)22-17;1-16(2,3)21-15(20)19-8-6-11(7-9-19)13-5-4-12(17)10-14(13)18;7-4-1-2-6(9)5(8)3-4;;;;;;;;;;;;;/h8H,9-11H2,1-7H3;4-6,10H,7-9H2,1-3H3;1-3H;;;;;;;;;;;;;. The molecule has 0 spiro atoms. The van der Waals surface area contributed by atoms with Crippen molar-refractivity contribution in [1.82, 2.24) is 9.80 Å². The zero-order valence-electron chi connectivity index (χ0n) is 37.0. The van der Waals surface area contributed by atoms with Gasteiger partial charge in [-0.25, -0.2) is 18.4 Å². The van der Waals surface area contributed by atoms with Crippen LogP contribution in [0.25, 0.3) is 5.57 Å². The molecule has 0 bridgehead atoms. The zero-order valence-corrected chi connectivity index (χ0v) is 80.4. The first-order valence-corrected chi connectivity index (χ1v) is 19.8. The van der Waals surface area contributed by atoms with E-state index in [-0.39, 0.29) is 316 Å². The molecular weight excluding hydrogens is 3310 g/mol. The second-order valence-corrected chi connectivity index (χ2v) is 18.6. The average molecular weight is 3360 g/mol. The van der Waals surface area contributed by atoms with Gasteiger partial charge < -0.3 is 28.6 Å². The Hall–Kier alpha value is 6.94. The fourth-order valence-electron chi connectivity index (χ4n) is 5.01. The van der Waals surface area contributed by atoms with Crippen LogP contribution in [-0.4, -0.2) is 77.7 Å². The first-order valence-electron chi connectivity index (χ1n) is 17.1. The summed E-state index contributed by atoms with van der Waals surface area (Å²) in [4.78, 5) is 27.4. The molecular formula is C38H50BBr2F2IN2O6W13. The molecule has 0 radical (unpaired) electrons. The molecule has 3 aliphatic rings. The van der Waals surface area contributed by atoms with Crippen LogP contribution in [0.4, 0.5) is 18.4 Å². The normalized spacial score (nSPS) is 14.6. The summed E-state index contributed by atoms with van der Waals surface area (Å²) in [6, 6.07) is 10.0. The average Bonchev–Trinajstić information content (AvgIpc) is 3.24. The van der Waals surface area contributed by atoms with E-state index < -0.39 is 11.2 Å². The molecule has 0 saturated carbocycles. The topological polar surface area (TPSA) is 77.5 Å². The minimum Gasteiger partial charge on any atom is -0.444 e. The predicted molar refractivity (Wildman–Crippen MR) is 218 cm³/mol. The second-order valence-electron chi connectivity index (χ2n) is 15.6. The van der Waals surface area contributed by atoms with Crippen molar-refractivity contribution in [1.29, 1.82) is 0 Å². The SMILES string of the molecule is CC(C)(C)OC(=O)N1CC=C(B2OC(C)(C)C(C)(C)O2)CC1.CC(C)(C)OC(=O)N1CC=C(c2ccc(Br)cc2F)CC1.Fc1cc(Br)ccc1I.[W].[W].[W].[W].[W].[W].[W].[W].[W].[W].[W].[W].[W]. The number of ether oxygens (including phenoxy) is 2. The Bertz CT molecular complexity index is 1690. The van der Waals surface area contributed by atoms with Gasteiger partial charge in [0.25, 0.3) is 0 Å². The smallest absolute Gasteiger partial charge is 0.444 e. The Morgan fingerprint density at radius 2 is 1.00 bits per heavy atom. The Morgan fingerprint density at radius 3 is 1.31 bits per heavy atom. The summed E-state index contributed by atoms with van der Waals surface area (Å²) in [6.45, 7) is 21.5. The summed E-state index contributed by atoms with van der Waals surface area (Å²) in [7, 11) is -0.314. The molecule has 5 rings (SSSR count). The van der Waals surface area contributed by atoms with E-state index in [1.807, 2.05) is 116 Å². The van der Waals surface area contributed by atoms with Gasteiger partial charge >= 0.3 is 19.3 Å². The quantitative estimate of drug-likeness (QED) is 0.169. The Labute approximate surface area is 603 Å². The number of rotatable bonds is 2. The van der Waals surface area contributed by atoms with Crippen molar-refractivity contribution in [3.63, 3.8) is 0 Å². The van der Waals surface area contributed by atoms with Crippen LogP contribution in [0.2, 0.25) is 0 Å². The number of hydrogen-bond acceptors (Lipinski definition) is 6. The molecule has 2 aromatic carbocycles. The minimum atomic E-state index is -0.501. The Balaban J connectivity index is -0.0000000717. The van der Waals surface area contributed by atoms with E-state index in [9.17, 15) is 18.4 Å². The first kappa shape index (κ1) is 97.5. The monoisotopic (exact) mass is 3360 g/mol. The Kier molecular flexibility index (Phi) is 67.3. The van der Waals surface area contributed by atoms with Crippen LogP contribution in [0, 0.1) is 15.2 Å². The second kappa shape index (κ2) is 44.9. The molecule has 0 N–H and O–H groups in total. The number of benzene rings is 2. The molecule has 0 atom stereocenters. The third-order valence-corrected chi connectivity index (χ3v) is 10.3. The van der Waals surface area contributed by atoms with E-state index >= 15 is 0 Å². The van der Waals surface area contributed by atoms with Crippen LogP contribution in [0.5, 0.6) is 0 Å². The van der Waals surface area contributed by atoms with Gasteiger partial charge in [-0.05, 0) is 146 Å². The van der Waals surface area contributed by atoms with E-state index in [0.717, 1.165) is 26.4 Å². The van der Waals surface area contributed by atoms with Gasteiger partial charge in [-0.1, -0.05) is 50.1 Å². The van der Waals surface area contributed by atoms with Gasteiger partial charge in [0.15, 0.2) is 0 Å². The van der Waals surface area contributed by atoms with Gasteiger partial charge in [-0.15, -0.1) is 0 Å². The largest absolute Gasteiger partial charge is 0.490 e. The molecule has 0 aliphatic carbocycles. The number of nitrogens with zero attached hydrogens (tertiary/aromatic N) is 2. The summed E-state index contributed by atoms with van der Waals surface area (Å²) in [5.41, 5.74) is 1.01. The molecule has 65 heavy (non-hydrogen) atoms. The summed E-state index contributed by atoms with van der Waals surface area (Å²) >= 11 is 8.35. The number of amides is 2. The molecule has 3 heterocycles. The fourth-order valence-corrected chi connectivity index (χ4v) is 6.01. The molecule has 3 aliphatic heterocycles. The van der Waals surface area contributed by atoms with E-state index in [2.05, 4.69) is 31.9 Å². The van der Waals surface area contributed by atoms with Crippen molar-refractivity contribution in [2.45, 2.75) is 104 Å². The Morgan fingerprint density at radius 1 is 0.631 bits per heavy atom. The number of halogens is 5. The van der Waals surface area contributed by atoms with Crippen LogP contribution >= 0.6 is 54.5 Å².